The number of hydrogen-bond donors (Lipinski definition) is 0. The monoisotopic (exact) mass is 425 g/mol. The average molecular weight is 426 g/mol. The van der Waals surface area contributed by atoms with Crippen molar-refractivity contribution in [3.05, 3.63) is 57.4 Å². The van der Waals surface area contributed by atoms with Crippen molar-refractivity contribution < 1.29 is 14.3 Å². The molecule has 2 aromatic rings. The summed E-state index contributed by atoms with van der Waals surface area (Å²) < 4.78 is 5.86. The van der Waals surface area contributed by atoms with Crippen LogP contribution in [0.5, 0.6) is 5.75 Å². The van der Waals surface area contributed by atoms with Gasteiger partial charge in [-0.1, -0.05) is 12.1 Å². The molecule has 0 atom stereocenters. The molecule has 7 heteroatoms. The van der Waals surface area contributed by atoms with Crippen molar-refractivity contribution in [2.75, 3.05) is 46.4 Å². The fourth-order valence-corrected chi connectivity index (χ4v) is 4.77. The Hall–Kier alpha value is -2.64. The van der Waals surface area contributed by atoms with Gasteiger partial charge >= 0.3 is 0 Å². The van der Waals surface area contributed by atoms with Crippen molar-refractivity contribution in [1.82, 2.24) is 14.7 Å². The molecular formula is C23H27N3O3S. The number of amides is 2. The highest BCUT2D eigenvalue weighted by Gasteiger charge is 2.42. The van der Waals surface area contributed by atoms with Crippen LogP contribution in [0.15, 0.2) is 41.4 Å². The van der Waals surface area contributed by atoms with Crippen molar-refractivity contribution in [2.45, 2.75) is 13.8 Å². The van der Waals surface area contributed by atoms with Crippen LogP contribution in [0.3, 0.4) is 0 Å². The number of piperazine rings is 1. The zero-order valence-corrected chi connectivity index (χ0v) is 18.5. The Morgan fingerprint density at radius 1 is 1.00 bits per heavy atom. The van der Waals surface area contributed by atoms with Gasteiger partial charge in [-0.3, -0.25) is 14.5 Å². The fraction of sp³-hybridized carbons (Fsp3) is 0.391. The normalized spacial score (nSPS) is 18.0. The van der Waals surface area contributed by atoms with E-state index in [2.05, 4.69) is 22.9 Å². The van der Waals surface area contributed by atoms with E-state index in [0.717, 1.165) is 47.9 Å². The molecule has 2 aliphatic rings. The van der Waals surface area contributed by atoms with E-state index < -0.39 is 0 Å². The number of carbonyl (C=O) groups is 2. The van der Waals surface area contributed by atoms with Gasteiger partial charge < -0.3 is 14.5 Å². The maximum Gasteiger partial charge on any atom is 0.278 e. The molecule has 2 amide bonds. The summed E-state index contributed by atoms with van der Waals surface area (Å²) in [6.07, 6.45) is 0. The first-order chi connectivity index (χ1) is 14.4. The zero-order chi connectivity index (χ0) is 21.3. The molecule has 0 aliphatic carbocycles. The molecule has 0 N–H and O–H groups in total. The van der Waals surface area contributed by atoms with E-state index in [9.17, 15) is 9.59 Å². The predicted molar refractivity (Wildman–Crippen MR) is 118 cm³/mol. The third kappa shape index (κ3) is 4.13. The number of aryl methyl sites for hydroxylation is 2. The van der Waals surface area contributed by atoms with E-state index in [1.54, 1.807) is 0 Å². The highest BCUT2D eigenvalue weighted by molar-refractivity contribution is 7.11. The maximum absolute atomic E-state index is 13.3. The summed E-state index contributed by atoms with van der Waals surface area (Å²) in [4.78, 5) is 33.0. The topological polar surface area (TPSA) is 53.1 Å². The molecule has 30 heavy (non-hydrogen) atoms. The van der Waals surface area contributed by atoms with Gasteiger partial charge in [0.1, 0.15) is 18.1 Å². The second-order valence-corrected chi connectivity index (χ2v) is 8.87. The number of ether oxygens (including phenoxy) is 1. The van der Waals surface area contributed by atoms with Gasteiger partial charge in [-0.15, -0.1) is 11.3 Å². The Bertz CT molecular complexity index is 955. The highest BCUT2D eigenvalue weighted by atomic mass is 32.1. The van der Waals surface area contributed by atoms with Crippen LogP contribution in [0, 0.1) is 13.8 Å². The summed E-state index contributed by atoms with van der Waals surface area (Å²) in [6.45, 7) is 7.78. The summed E-state index contributed by atoms with van der Waals surface area (Å²) in [5, 5.41) is 1.94. The second-order valence-electron chi connectivity index (χ2n) is 7.93. The van der Waals surface area contributed by atoms with Crippen LogP contribution in [0.25, 0.3) is 5.57 Å². The molecule has 1 aromatic carbocycles. The molecule has 1 fully saturated rings. The Kier molecular flexibility index (Phi) is 5.92. The number of benzene rings is 1. The van der Waals surface area contributed by atoms with Gasteiger partial charge in [0.15, 0.2) is 0 Å². The number of hydrogen-bond acceptors (Lipinski definition) is 6. The van der Waals surface area contributed by atoms with Crippen molar-refractivity contribution in [2.24, 2.45) is 0 Å². The van der Waals surface area contributed by atoms with Crippen LogP contribution in [0.2, 0.25) is 0 Å². The number of nitrogens with zero attached hydrogens (tertiary/aromatic N) is 3. The Balaban J connectivity index is 1.52. The number of rotatable bonds is 6. The van der Waals surface area contributed by atoms with E-state index in [-0.39, 0.29) is 25.0 Å². The molecule has 0 spiro atoms. The van der Waals surface area contributed by atoms with E-state index in [4.69, 9.17) is 4.74 Å². The lowest BCUT2D eigenvalue weighted by Crippen LogP contribution is -2.46. The maximum atomic E-state index is 13.3. The van der Waals surface area contributed by atoms with E-state index in [1.807, 2.05) is 43.5 Å². The van der Waals surface area contributed by atoms with Crippen molar-refractivity contribution in [1.29, 1.82) is 0 Å². The minimum atomic E-state index is -0.222. The second kappa shape index (κ2) is 8.62. The van der Waals surface area contributed by atoms with Gasteiger partial charge in [-0.25, -0.2) is 0 Å². The molecule has 2 aliphatic heterocycles. The van der Waals surface area contributed by atoms with E-state index in [1.165, 1.54) is 16.2 Å². The third-order valence-corrected chi connectivity index (χ3v) is 6.40. The lowest BCUT2D eigenvalue weighted by Gasteiger charge is -2.34. The minimum Gasteiger partial charge on any atom is -0.492 e. The molecular weight excluding hydrogens is 398 g/mol. The Morgan fingerprint density at radius 2 is 1.70 bits per heavy atom. The molecule has 0 bridgehead atoms. The van der Waals surface area contributed by atoms with Crippen LogP contribution in [-0.4, -0.2) is 72.9 Å². The standard InChI is InChI=1S/C23H27N3O3S/c1-16-13-17(2)15-18(14-16)29-11-10-26-22(27)20(19-5-4-12-30-19)21(23(26)28)25-8-6-24(3)7-9-25/h4-5,12-15H,6-11H2,1-3H3. The molecule has 0 unspecified atom stereocenters. The number of carbonyl (C=O) groups excluding carboxylic acids is 2. The van der Waals surface area contributed by atoms with Crippen LogP contribution >= 0.6 is 11.3 Å². The molecule has 158 valence electrons. The molecule has 4 rings (SSSR count). The minimum absolute atomic E-state index is 0.211. The third-order valence-electron chi connectivity index (χ3n) is 5.51. The molecule has 0 saturated carbocycles. The summed E-state index contributed by atoms with van der Waals surface area (Å²) >= 11 is 1.49. The number of likely N-dealkylation sites (N-methyl/N-ethyl adjacent to an activating group) is 1. The smallest absolute Gasteiger partial charge is 0.278 e. The summed E-state index contributed by atoms with van der Waals surface area (Å²) in [5.74, 6) is 0.328. The lowest BCUT2D eigenvalue weighted by molar-refractivity contribution is -0.138. The quantitative estimate of drug-likeness (QED) is 0.666. The van der Waals surface area contributed by atoms with Gasteiger partial charge in [0.05, 0.1) is 12.1 Å². The van der Waals surface area contributed by atoms with Crippen LogP contribution in [0.4, 0.5) is 0 Å². The summed E-state index contributed by atoms with van der Waals surface area (Å²) in [6, 6.07) is 9.84. The van der Waals surface area contributed by atoms with E-state index >= 15 is 0 Å². The fourth-order valence-electron chi connectivity index (χ4n) is 4.00. The number of imide groups is 1. The van der Waals surface area contributed by atoms with Gasteiger partial charge in [0.2, 0.25) is 0 Å². The van der Waals surface area contributed by atoms with Gasteiger partial charge in [-0.05, 0) is 55.6 Å². The van der Waals surface area contributed by atoms with Crippen molar-refractivity contribution in [3.8, 4) is 5.75 Å². The molecule has 1 aromatic heterocycles. The Labute approximate surface area is 181 Å². The first-order valence-corrected chi connectivity index (χ1v) is 11.1. The lowest BCUT2D eigenvalue weighted by atomic mass is 10.1. The summed E-state index contributed by atoms with van der Waals surface area (Å²) in [7, 11) is 2.07. The van der Waals surface area contributed by atoms with Crippen LogP contribution in [-0.2, 0) is 9.59 Å². The SMILES string of the molecule is Cc1cc(C)cc(OCCN2C(=O)C(c3cccs3)=C(N3CCN(C)CC3)C2=O)c1. The number of thiophene rings is 1. The zero-order valence-electron chi connectivity index (χ0n) is 17.7. The van der Waals surface area contributed by atoms with Gasteiger partial charge in [0, 0.05) is 31.1 Å². The van der Waals surface area contributed by atoms with Crippen LogP contribution in [0.1, 0.15) is 16.0 Å². The van der Waals surface area contributed by atoms with Gasteiger partial charge in [-0.2, -0.15) is 0 Å². The van der Waals surface area contributed by atoms with Crippen molar-refractivity contribution >= 4 is 28.7 Å². The first kappa shape index (κ1) is 20.6. The molecule has 1 saturated heterocycles. The average Bonchev–Trinajstić information content (AvgIpc) is 3.30. The Morgan fingerprint density at radius 3 is 2.33 bits per heavy atom. The summed E-state index contributed by atoms with van der Waals surface area (Å²) in [5.41, 5.74) is 3.32. The van der Waals surface area contributed by atoms with Crippen LogP contribution < -0.4 is 4.74 Å². The molecule has 0 radical (unpaired) electrons. The first-order valence-electron chi connectivity index (χ1n) is 10.2. The highest BCUT2D eigenvalue weighted by Crippen LogP contribution is 2.34. The molecule has 6 nitrogen and oxygen atoms in total. The van der Waals surface area contributed by atoms with Crippen molar-refractivity contribution in [3.63, 3.8) is 0 Å². The largest absolute Gasteiger partial charge is 0.492 e. The van der Waals surface area contributed by atoms with E-state index in [0.29, 0.717) is 11.3 Å². The van der Waals surface area contributed by atoms with Gasteiger partial charge in [0.25, 0.3) is 11.8 Å². The molecule has 3 heterocycles. The predicted octanol–water partition coefficient (Wildman–Crippen LogP) is 2.77.